The Labute approximate surface area is 154 Å². The highest BCUT2D eigenvalue weighted by atomic mass is 16.5. The minimum atomic E-state index is -0.0360. The molecule has 0 saturated carbocycles. The van der Waals surface area contributed by atoms with Crippen LogP contribution in [0.15, 0.2) is 23.3 Å². The number of carbonyl (C=O) groups excluding carboxylic acids is 1. The van der Waals surface area contributed by atoms with Gasteiger partial charge in [0.05, 0.1) is 26.5 Å². The number of amides is 1. The maximum atomic E-state index is 12.2. The van der Waals surface area contributed by atoms with Crippen molar-refractivity contribution in [3.63, 3.8) is 0 Å². The monoisotopic (exact) mass is 361 g/mol. The lowest BCUT2D eigenvalue weighted by molar-refractivity contribution is -0.137. The molecule has 0 spiro atoms. The van der Waals surface area contributed by atoms with Crippen molar-refractivity contribution in [2.45, 2.75) is 19.3 Å². The second-order valence-electron chi connectivity index (χ2n) is 6.45. The number of rotatable bonds is 6. The first-order chi connectivity index (χ1) is 12.8. The SMILES string of the molecule is COc1cc(/C=N\N2CCCCC2)ccc1OCC(=O)N1CCOCC1. The van der Waals surface area contributed by atoms with Crippen LogP contribution in [0.4, 0.5) is 0 Å². The summed E-state index contributed by atoms with van der Waals surface area (Å²) in [5.41, 5.74) is 0.944. The molecule has 2 aliphatic rings. The van der Waals surface area contributed by atoms with Crippen LogP contribution in [0.25, 0.3) is 0 Å². The number of carbonyl (C=O) groups is 1. The second kappa shape index (κ2) is 9.43. The molecule has 2 heterocycles. The Morgan fingerprint density at radius 3 is 2.65 bits per heavy atom. The van der Waals surface area contributed by atoms with Gasteiger partial charge in [-0.15, -0.1) is 0 Å². The third-order valence-corrected chi connectivity index (χ3v) is 4.61. The zero-order valence-electron chi connectivity index (χ0n) is 15.4. The van der Waals surface area contributed by atoms with Crippen LogP contribution in [0.3, 0.4) is 0 Å². The standard InChI is InChI=1S/C19H27N3O4/c1-24-18-13-16(14-20-22-7-3-2-4-8-22)5-6-17(18)26-15-19(23)21-9-11-25-12-10-21/h5-6,13-14H,2-4,7-12,15H2,1H3/b20-14-. The van der Waals surface area contributed by atoms with E-state index < -0.39 is 0 Å². The van der Waals surface area contributed by atoms with Gasteiger partial charge < -0.3 is 19.1 Å². The maximum absolute atomic E-state index is 12.2. The highest BCUT2D eigenvalue weighted by molar-refractivity contribution is 5.81. The topological polar surface area (TPSA) is 63.6 Å². The van der Waals surface area contributed by atoms with E-state index in [1.165, 1.54) is 19.3 Å². The first-order valence-electron chi connectivity index (χ1n) is 9.21. The van der Waals surface area contributed by atoms with E-state index >= 15 is 0 Å². The number of piperidine rings is 1. The molecule has 2 saturated heterocycles. The quantitative estimate of drug-likeness (QED) is 0.723. The van der Waals surface area contributed by atoms with E-state index in [1.54, 1.807) is 12.0 Å². The lowest BCUT2D eigenvalue weighted by Gasteiger charge is -2.26. The molecule has 1 aromatic carbocycles. The van der Waals surface area contributed by atoms with Crippen LogP contribution in [0.2, 0.25) is 0 Å². The molecule has 0 radical (unpaired) electrons. The summed E-state index contributed by atoms with van der Waals surface area (Å²) in [6.45, 7) is 4.42. The predicted octanol–water partition coefficient (Wildman–Crippen LogP) is 1.75. The molecule has 0 N–H and O–H groups in total. The molecule has 7 nitrogen and oxygen atoms in total. The summed E-state index contributed by atoms with van der Waals surface area (Å²) in [7, 11) is 1.59. The number of hydrogen-bond acceptors (Lipinski definition) is 6. The Kier molecular flexibility index (Phi) is 6.71. The fraction of sp³-hybridized carbons (Fsp3) is 0.579. The first kappa shape index (κ1) is 18.5. The molecular weight excluding hydrogens is 334 g/mol. The number of hydrazone groups is 1. The molecule has 2 aliphatic heterocycles. The number of hydrogen-bond donors (Lipinski definition) is 0. The molecule has 2 fully saturated rings. The molecule has 0 aliphatic carbocycles. The van der Waals surface area contributed by atoms with E-state index in [2.05, 4.69) is 10.1 Å². The Bertz CT molecular complexity index is 623. The van der Waals surface area contributed by atoms with E-state index in [0.717, 1.165) is 18.7 Å². The van der Waals surface area contributed by atoms with Crippen LogP contribution in [0.5, 0.6) is 11.5 Å². The van der Waals surface area contributed by atoms with Crippen molar-refractivity contribution in [3.8, 4) is 11.5 Å². The van der Waals surface area contributed by atoms with Crippen molar-refractivity contribution in [1.82, 2.24) is 9.91 Å². The number of morpholine rings is 1. The zero-order chi connectivity index (χ0) is 18.2. The number of ether oxygens (including phenoxy) is 3. The molecule has 142 valence electrons. The fourth-order valence-corrected chi connectivity index (χ4v) is 3.07. The van der Waals surface area contributed by atoms with Crippen molar-refractivity contribution in [2.75, 3.05) is 53.1 Å². The predicted molar refractivity (Wildman–Crippen MR) is 98.9 cm³/mol. The Morgan fingerprint density at radius 1 is 1.15 bits per heavy atom. The summed E-state index contributed by atoms with van der Waals surface area (Å²) < 4.78 is 16.3. The van der Waals surface area contributed by atoms with Crippen molar-refractivity contribution < 1.29 is 19.0 Å². The van der Waals surface area contributed by atoms with E-state index in [4.69, 9.17) is 14.2 Å². The van der Waals surface area contributed by atoms with Crippen LogP contribution in [0.1, 0.15) is 24.8 Å². The van der Waals surface area contributed by atoms with Gasteiger partial charge >= 0.3 is 0 Å². The van der Waals surface area contributed by atoms with Crippen molar-refractivity contribution in [1.29, 1.82) is 0 Å². The molecular formula is C19H27N3O4. The number of methoxy groups -OCH3 is 1. The summed E-state index contributed by atoms with van der Waals surface area (Å²) >= 11 is 0. The third kappa shape index (κ3) is 5.11. The van der Waals surface area contributed by atoms with Gasteiger partial charge in [-0.05, 0) is 43.0 Å². The van der Waals surface area contributed by atoms with Crippen LogP contribution >= 0.6 is 0 Å². The highest BCUT2D eigenvalue weighted by Crippen LogP contribution is 2.27. The second-order valence-corrected chi connectivity index (χ2v) is 6.45. The van der Waals surface area contributed by atoms with E-state index in [0.29, 0.717) is 37.8 Å². The van der Waals surface area contributed by atoms with Gasteiger partial charge in [-0.25, -0.2) is 0 Å². The van der Waals surface area contributed by atoms with Crippen molar-refractivity contribution in [3.05, 3.63) is 23.8 Å². The van der Waals surface area contributed by atoms with Crippen LogP contribution < -0.4 is 9.47 Å². The minimum Gasteiger partial charge on any atom is -0.493 e. The van der Waals surface area contributed by atoms with Gasteiger partial charge in [-0.2, -0.15) is 5.10 Å². The summed E-state index contributed by atoms with van der Waals surface area (Å²) in [6.07, 6.45) is 5.53. The molecule has 1 aromatic rings. The van der Waals surface area contributed by atoms with Crippen molar-refractivity contribution >= 4 is 12.1 Å². The van der Waals surface area contributed by atoms with E-state index in [-0.39, 0.29) is 12.5 Å². The zero-order valence-corrected chi connectivity index (χ0v) is 15.4. The summed E-state index contributed by atoms with van der Waals surface area (Å²) in [5, 5.41) is 6.63. The lowest BCUT2D eigenvalue weighted by Crippen LogP contribution is -2.43. The largest absolute Gasteiger partial charge is 0.493 e. The Morgan fingerprint density at radius 2 is 1.92 bits per heavy atom. The fourth-order valence-electron chi connectivity index (χ4n) is 3.07. The number of nitrogens with zero attached hydrogens (tertiary/aromatic N) is 3. The van der Waals surface area contributed by atoms with Gasteiger partial charge in [0.2, 0.25) is 0 Å². The molecule has 3 rings (SSSR count). The van der Waals surface area contributed by atoms with Crippen LogP contribution in [-0.4, -0.2) is 75.1 Å². The Balaban J connectivity index is 1.57. The van der Waals surface area contributed by atoms with E-state index in [1.807, 2.05) is 24.4 Å². The average molecular weight is 361 g/mol. The molecule has 1 amide bonds. The average Bonchev–Trinajstić information content (AvgIpc) is 2.72. The summed E-state index contributed by atoms with van der Waals surface area (Å²) in [6, 6.07) is 5.62. The third-order valence-electron chi connectivity index (χ3n) is 4.61. The Hall–Kier alpha value is -2.28. The van der Waals surface area contributed by atoms with Gasteiger partial charge in [0, 0.05) is 26.2 Å². The van der Waals surface area contributed by atoms with Crippen molar-refractivity contribution in [2.24, 2.45) is 5.10 Å². The van der Waals surface area contributed by atoms with Gasteiger partial charge in [0.1, 0.15) is 0 Å². The molecule has 7 heteroatoms. The van der Waals surface area contributed by atoms with Gasteiger partial charge in [0.25, 0.3) is 5.91 Å². The molecule has 0 bridgehead atoms. The normalized spacial score (nSPS) is 18.2. The smallest absolute Gasteiger partial charge is 0.260 e. The molecule has 0 atom stereocenters. The maximum Gasteiger partial charge on any atom is 0.260 e. The molecule has 0 aromatic heterocycles. The summed E-state index contributed by atoms with van der Waals surface area (Å²) in [5.74, 6) is 1.12. The molecule has 26 heavy (non-hydrogen) atoms. The highest BCUT2D eigenvalue weighted by Gasteiger charge is 2.18. The van der Waals surface area contributed by atoms with Gasteiger partial charge in [-0.1, -0.05) is 0 Å². The van der Waals surface area contributed by atoms with Gasteiger partial charge in [-0.3, -0.25) is 9.80 Å². The summed E-state index contributed by atoms with van der Waals surface area (Å²) in [4.78, 5) is 14.0. The first-order valence-corrected chi connectivity index (χ1v) is 9.21. The van der Waals surface area contributed by atoms with Crippen LogP contribution in [0, 0.1) is 0 Å². The van der Waals surface area contributed by atoms with E-state index in [9.17, 15) is 4.79 Å². The minimum absolute atomic E-state index is 0.00241. The number of benzene rings is 1. The van der Waals surface area contributed by atoms with Gasteiger partial charge in [0.15, 0.2) is 18.1 Å². The lowest BCUT2D eigenvalue weighted by atomic mass is 10.2. The molecule has 0 unspecified atom stereocenters. The van der Waals surface area contributed by atoms with Crippen LogP contribution in [-0.2, 0) is 9.53 Å².